The highest BCUT2D eigenvalue weighted by Crippen LogP contribution is 2.36. The first-order chi connectivity index (χ1) is 29.4. The number of nitrogens with zero attached hydrogens (tertiary/aromatic N) is 2. The molecule has 0 aromatic heterocycles. The van der Waals surface area contributed by atoms with E-state index in [2.05, 4.69) is 26.0 Å². The second-order valence-electron chi connectivity index (χ2n) is 16.8. The molecule has 0 saturated heterocycles. The van der Waals surface area contributed by atoms with Gasteiger partial charge in [0.2, 0.25) is 11.8 Å². The van der Waals surface area contributed by atoms with Gasteiger partial charge in [-0.05, 0) is 76.6 Å². The summed E-state index contributed by atoms with van der Waals surface area (Å²) in [5, 5.41) is 0. The lowest BCUT2D eigenvalue weighted by Crippen LogP contribution is -2.45. The summed E-state index contributed by atoms with van der Waals surface area (Å²) in [5.41, 5.74) is 26.1. The molecule has 0 saturated carbocycles. The van der Waals surface area contributed by atoms with E-state index in [0.717, 1.165) is 87.1 Å². The summed E-state index contributed by atoms with van der Waals surface area (Å²) in [7, 11) is 0. The molecular formula is C50H88N6O4. The number of ether oxygens (including phenoxy) is 2. The second-order valence-corrected chi connectivity index (χ2v) is 16.8. The molecule has 0 fully saturated rings. The smallest absolute Gasteiger partial charge is 0.239 e. The van der Waals surface area contributed by atoms with Gasteiger partial charge in [0.15, 0.2) is 0 Å². The lowest BCUT2D eigenvalue weighted by molar-refractivity contribution is -0.133. The lowest BCUT2D eigenvalue weighted by atomic mass is 10.0. The van der Waals surface area contributed by atoms with E-state index in [1.54, 1.807) is 0 Å². The molecule has 0 heterocycles. The first kappa shape index (κ1) is 53.0. The summed E-state index contributed by atoms with van der Waals surface area (Å²) >= 11 is 0. The Labute approximate surface area is 366 Å². The Hall–Kier alpha value is -3.18. The maximum atomic E-state index is 13.5. The van der Waals surface area contributed by atoms with E-state index in [0.29, 0.717) is 65.1 Å². The van der Waals surface area contributed by atoms with Crippen molar-refractivity contribution in [2.24, 2.45) is 22.9 Å². The zero-order chi connectivity index (χ0) is 43.5. The normalized spacial score (nSPS) is 12.3. The number of para-hydroxylation sites is 2. The molecule has 0 bridgehead atoms. The van der Waals surface area contributed by atoms with Crippen LogP contribution in [-0.4, -0.2) is 86.2 Å². The van der Waals surface area contributed by atoms with Crippen LogP contribution in [0.2, 0.25) is 0 Å². The number of carbonyl (C=O) groups is 2. The summed E-state index contributed by atoms with van der Waals surface area (Å²) in [6, 6.07) is 15.1. The van der Waals surface area contributed by atoms with Crippen molar-refractivity contribution < 1.29 is 19.1 Å². The summed E-state index contributed by atoms with van der Waals surface area (Å²) < 4.78 is 12.8. The number of hydrogen-bond donors (Lipinski definition) is 4. The Kier molecular flexibility index (Phi) is 31.3. The van der Waals surface area contributed by atoms with Crippen molar-refractivity contribution in [2.45, 2.75) is 180 Å². The predicted octanol–water partition coefficient (Wildman–Crippen LogP) is 9.74. The fourth-order valence-electron chi connectivity index (χ4n) is 7.78. The molecule has 2 aromatic rings. The van der Waals surface area contributed by atoms with Gasteiger partial charge in [0, 0.05) is 37.3 Å². The van der Waals surface area contributed by atoms with Gasteiger partial charge in [-0.2, -0.15) is 0 Å². The molecule has 2 aromatic carbocycles. The Morgan fingerprint density at radius 3 is 1.17 bits per heavy atom. The van der Waals surface area contributed by atoms with E-state index in [4.69, 9.17) is 32.4 Å². The number of benzene rings is 2. The minimum atomic E-state index is -0.494. The summed E-state index contributed by atoms with van der Waals surface area (Å²) in [6.07, 6.45) is 25.8. The van der Waals surface area contributed by atoms with Gasteiger partial charge < -0.3 is 42.2 Å². The topological polar surface area (TPSA) is 163 Å². The maximum absolute atomic E-state index is 13.5. The second kappa shape index (κ2) is 35.4. The number of nitrogens with two attached hydrogens (primary N) is 4. The van der Waals surface area contributed by atoms with Gasteiger partial charge in [0.1, 0.15) is 11.5 Å². The van der Waals surface area contributed by atoms with Gasteiger partial charge in [-0.1, -0.05) is 153 Å². The highest BCUT2D eigenvalue weighted by atomic mass is 16.5. The molecule has 342 valence electrons. The summed E-state index contributed by atoms with van der Waals surface area (Å²) in [4.78, 5) is 30.9. The first-order valence-corrected chi connectivity index (χ1v) is 24.3. The van der Waals surface area contributed by atoms with E-state index >= 15 is 0 Å². The first-order valence-electron chi connectivity index (χ1n) is 24.3. The van der Waals surface area contributed by atoms with Gasteiger partial charge in [-0.15, -0.1) is 0 Å². The Morgan fingerprint density at radius 1 is 0.467 bits per heavy atom. The van der Waals surface area contributed by atoms with E-state index in [1.807, 2.05) is 46.2 Å². The molecule has 0 unspecified atom stereocenters. The van der Waals surface area contributed by atoms with Gasteiger partial charge in [0.05, 0.1) is 25.3 Å². The van der Waals surface area contributed by atoms with Gasteiger partial charge in [-0.3, -0.25) is 9.59 Å². The summed E-state index contributed by atoms with van der Waals surface area (Å²) in [5.74, 6) is 1.62. The van der Waals surface area contributed by atoms with Crippen molar-refractivity contribution in [1.82, 2.24) is 9.80 Å². The van der Waals surface area contributed by atoms with Crippen LogP contribution in [0.3, 0.4) is 0 Å². The van der Waals surface area contributed by atoms with Crippen LogP contribution in [0, 0.1) is 0 Å². The van der Waals surface area contributed by atoms with Crippen LogP contribution in [0.4, 0.5) is 0 Å². The molecule has 2 atom stereocenters. The van der Waals surface area contributed by atoms with Crippen molar-refractivity contribution in [1.29, 1.82) is 0 Å². The average molecular weight is 837 g/mol. The quantitative estimate of drug-likeness (QED) is 0.0484. The van der Waals surface area contributed by atoms with Crippen LogP contribution < -0.4 is 32.4 Å². The third-order valence-corrected chi connectivity index (χ3v) is 11.5. The molecule has 0 aliphatic carbocycles. The van der Waals surface area contributed by atoms with E-state index in [-0.39, 0.29) is 11.8 Å². The Balaban J connectivity index is 1.99. The van der Waals surface area contributed by atoms with E-state index in [1.165, 1.54) is 77.0 Å². The van der Waals surface area contributed by atoms with Crippen molar-refractivity contribution in [3.05, 3.63) is 48.5 Å². The fraction of sp³-hybridized carbons (Fsp3) is 0.720. The fourth-order valence-corrected chi connectivity index (χ4v) is 7.78. The molecule has 2 rings (SSSR count). The monoisotopic (exact) mass is 837 g/mol. The third-order valence-electron chi connectivity index (χ3n) is 11.5. The molecule has 0 spiro atoms. The van der Waals surface area contributed by atoms with Gasteiger partial charge >= 0.3 is 0 Å². The van der Waals surface area contributed by atoms with Crippen LogP contribution in [0.1, 0.15) is 168 Å². The van der Waals surface area contributed by atoms with Crippen LogP contribution in [0.25, 0.3) is 11.1 Å². The van der Waals surface area contributed by atoms with Gasteiger partial charge in [0.25, 0.3) is 0 Å². The van der Waals surface area contributed by atoms with Gasteiger partial charge in [-0.25, -0.2) is 0 Å². The predicted molar refractivity (Wildman–Crippen MR) is 252 cm³/mol. The zero-order valence-corrected chi connectivity index (χ0v) is 38.2. The third kappa shape index (κ3) is 23.2. The van der Waals surface area contributed by atoms with E-state index < -0.39 is 12.1 Å². The average Bonchev–Trinajstić information content (AvgIpc) is 3.26. The van der Waals surface area contributed by atoms with Crippen LogP contribution in [0.15, 0.2) is 48.5 Å². The van der Waals surface area contributed by atoms with Crippen LogP contribution >= 0.6 is 0 Å². The SMILES string of the molecule is CCCCCCCCCCN(CCCOc1ccccc1-c1ccccc1OCCCN(CCCCCCCCCC)C(=O)[C@@H](N)CCCCN)C(=O)[C@@H](N)CCCCN. The number of carbonyl (C=O) groups excluding carboxylic acids is 2. The Morgan fingerprint density at radius 2 is 0.800 bits per heavy atom. The zero-order valence-electron chi connectivity index (χ0n) is 38.2. The molecule has 60 heavy (non-hydrogen) atoms. The molecule has 2 amide bonds. The van der Waals surface area contributed by atoms with Crippen molar-refractivity contribution in [2.75, 3.05) is 52.5 Å². The van der Waals surface area contributed by atoms with Crippen LogP contribution in [0.5, 0.6) is 11.5 Å². The standard InChI is InChI=1S/C50H88N6O4/c1-3-5-7-9-11-13-15-25-37-55(49(57)45(53)31-21-23-35-51)39-27-41-59-47-33-19-17-29-43(47)44-30-18-20-34-48(44)60-42-28-40-56(50(58)46(54)32-22-24-36-52)38-26-16-14-12-10-8-6-4-2/h17-20,29-30,33-34,45-46H,3-16,21-28,31-32,35-42,51-54H2,1-2H3/t45-,46-/m0/s1. The van der Waals surface area contributed by atoms with Crippen molar-refractivity contribution in [3.8, 4) is 22.6 Å². The highest BCUT2D eigenvalue weighted by Gasteiger charge is 2.22. The molecule has 8 N–H and O–H groups in total. The molecule has 10 nitrogen and oxygen atoms in total. The lowest BCUT2D eigenvalue weighted by Gasteiger charge is -2.26. The minimum absolute atomic E-state index is 0.0347. The molecular weight excluding hydrogens is 749 g/mol. The summed E-state index contributed by atoms with van der Waals surface area (Å²) in [6.45, 7) is 9.35. The minimum Gasteiger partial charge on any atom is -0.493 e. The number of amides is 2. The molecule has 0 radical (unpaired) electrons. The number of rotatable bonds is 39. The van der Waals surface area contributed by atoms with Crippen molar-refractivity contribution >= 4 is 11.8 Å². The maximum Gasteiger partial charge on any atom is 0.239 e. The largest absolute Gasteiger partial charge is 0.493 e. The van der Waals surface area contributed by atoms with Crippen molar-refractivity contribution in [3.63, 3.8) is 0 Å². The molecule has 10 heteroatoms. The number of unbranched alkanes of at least 4 members (excludes halogenated alkanes) is 16. The Bertz CT molecular complexity index is 1260. The molecule has 0 aliphatic rings. The highest BCUT2D eigenvalue weighted by molar-refractivity contribution is 5.82. The van der Waals surface area contributed by atoms with Crippen LogP contribution in [-0.2, 0) is 9.59 Å². The van der Waals surface area contributed by atoms with E-state index in [9.17, 15) is 9.59 Å². The number of hydrogen-bond acceptors (Lipinski definition) is 8. The molecule has 0 aliphatic heterocycles.